The lowest BCUT2D eigenvalue weighted by molar-refractivity contribution is 0.168. The van der Waals surface area contributed by atoms with Gasteiger partial charge < -0.3 is 10.2 Å². The molecule has 1 N–H and O–H groups in total. The number of anilines is 1. The highest BCUT2D eigenvalue weighted by Crippen LogP contribution is 2.20. The third-order valence-corrected chi connectivity index (χ3v) is 4.38. The Balaban J connectivity index is 1.58. The van der Waals surface area contributed by atoms with Crippen LogP contribution in [-0.4, -0.2) is 50.2 Å². The van der Waals surface area contributed by atoms with Crippen molar-refractivity contribution in [1.29, 1.82) is 0 Å². The molecule has 0 saturated carbocycles. The molecule has 0 aromatic heterocycles. The van der Waals surface area contributed by atoms with Gasteiger partial charge in [0.1, 0.15) is 0 Å². The van der Waals surface area contributed by atoms with Gasteiger partial charge in [-0.3, -0.25) is 4.90 Å². The van der Waals surface area contributed by atoms with Gasteiger partial charge in [0.05, 0.1) is 0 Å². The van der Waals surface area contributed by atoms with Crippen LogP contribution in [0.1, 0.15) is 6.92 Å². The van der Waals surface area contributed by atoms with Gasteiger partial charge in [-0.2, -0.15) is 0 Å². The van der Waals surface area contributed by atoms with E-state index in [1.807, 2.05) is 0 Å². The minimum absolute atomic E-state index is 0.753. The van der Waals surface area contributed by atoms with Gasteiger partial charge in [0.2, 0.25) is 0 Å². The molecule has 2 unspecified atom stereocenters. The predicted octanol–water partition coefficient (Wildman–Crippen LogP) is 1.42. The Bertz CT molecular complexity index is 371. The summed E-state index contributed by atoms with van der Waals surface area (Å²) in [5.41, 5.74) is 1.37. The van der Waals surface area contributed by atoms with E-state index >= 15 is 0 Å². The van der Waals surface area contributed by atoms with E-state index in [0.29, 0.717) is 0 Å². The van der Waals surface area contributed by atoms with Crippen LogP contribution in [0.5, 0.6) is 0 Å². The number of benzene rings is 1. The van der Waals surface area contributed by atoms with Crippen LogP contribution in [0.15, 0.2) is 30.3 Å². The Morgan fingerprint density at radius 3 is 2.33 bits per heavy atom. The van der Waals surface area contributed by atoms with E-state index < -0.39 is 0 Å². The van der Waals surface area contributed by atoms with E-state index in [1.54, 1.807) is 0 Å². The molecule has 0 spiro atoms. The second-order valence-electron chi connectivity index (χ2n) is 5.56. The van der Waals surface area contributed by atoms with E-state index in [1.165, 1.54) is 31.9 Å². The first-order valence-corrected chi connectivity index (χ1v) is 7.09. The second kappa shape index (κ2) is 5.29. The fourth-order valence-electron chi connectivity index (χ4n) is 3.24. The van der Waals surface area contributed by atoms with Crippen LogP contribution < -0.4 is 10.2 Å². The Kier molecular flexibility index (Phi) is 3.52. The van der Waals surface area contributed by atoms with Gasteiger partial charge in [0.15, 0.2) is 0 Å². The van der Waals surface area contributed by atoms with Crippen LogP contribution >= 0.6 is 0 Å². The van der Waals surface area contributed by atoms with Gasteiger partial charge in [0, 0.05) is 44.5 Å². The first kappa shape index (κ1) is 12.0. The highest BCUT2D eigenvalue weighted by Gasteiger charge is 2.30. The molecule has 0 bridgehead atoms. The number of nitrogens with zero attached hydrogens (tertiary/aromatic N) is 2. The maximum atomic E-state index is 3.51. The van der Waals surface area contributed by atoms with Crippen molar-refractivity contribution < 1.29 is 0 Å². The molecule has 0 aliphatic carbocycles. The average Bonchev–Trinajstić information content (AvgIpc) is 2.86. The fraction of sp³-hybridized carbons (Fsp3) is 0.600. The molecule has 2 aliphatic heterocycles. The maximum Gasteiger partial charge on any atom is 0.0367 e. The molecule has 3 rings (SSSR count). The second-order valence-corrected chi connectivity index (χ2v) is 5.56. The molecule has 2 aliphatic rings. The van der Waals surface area contributed by atoms with Crippen molar-refractivity contribution in [2.24, 2.45) is 5.92 Å². The van der Waals surface area contributed by atoms with Crippen molar-refractivity contribution in [3.05, 3.63) is 30.3 Å². The number of rotatable bonds is 2. The number of hydrogen-bond donors (Lipinski definition) is 1. The van der Waals surface area contributed by atoms with Crippen LogP contribution in [0.4, 0.5) is 5.69 Å². The Morgan fingerprint density at radius 1 is 1.00 bits per heavy atom. The van der Waals surface area contributed by atoms with E-state index in [-0.39, 0.29) is 0 Å². The first-order valence-electron chi connectivity index (χ1n) is 7.09. The first-order chi connectivity index (χ1) is 8.84. The summed E-state index contributed by atoms with van der Waals surface area (Å²) in [5, 5.41) is 3.51. The summed E-state index contributed by atoms with van der Waals surface area (Å²) in [6.07, 6.45) is 0. The Hall–Kier alpha value is -1.06. The third kappa shape index (κ3) is 2.38. The molecule has 2 fully saturated rings. The molecule has 2 atom stereocenters. The molecule has 3 heteroatoms. The van der Waals surface area contributed by atoms with Crippen LogP contribution in [0.2, 0.25) is 0 Å². The van der Waals surface area contributed by atoms with Gasteiger partial charge in [-0.05, 0) is 24.6 Å². The van der Waals surface area contributed by atoms with Gasteiger partial charge in [-0.15, -0.1) is 0 Å². The Morgan fingerprint density at radius 2 is 1.72 bits per heavy atom. The zero-order valence-corrected chi connectivity index (χ0v) is 11.2. The lowest BCUT2D eigenvalue weighted by atomic mass is 10.0. The standard InChI is InChI=1S/C15H23N3/c1-13-11-16-12-15(13)18-9-7-17(8-10-18)14-5-3-2-4-6-14/h2-6,13,15-16H,7-12H2,1H3. The van der Waals surface area contributed by atoms with Crippen molar-refractivity contribution in [1.82, 2.24) is 10.2 Å². The lowest BCUT2D eigenvalue weighted by Crippen LogP contribution is -2.52. The van der Waals surface area contributed by atoms with Gasteiger partial charge in [-0.1, -0.05) is 25.1 Å². The SMILES string of the molecule is CC1CNCC1N1CCN(c2ccccc2)CC1. The number of nitrogens with one attached hydrogen (secondary N) is 1. The fourth-order valence-corrected chi connectivity index (χ4v) is 3.24. The normalized spacial score (nSPS) is 29.7. The molecule has 98 valence electrons. The number of hydrogen-bond acceptors (Lipinski definition) is 3. The van der Waals surface area contributed by atoms with Crippen LogP contribution in [0, 0.1) is 5.92 Å². The van der Waals surface area contributed by atoms with Crippen molar-refractivity contribution in [2.45, 2.75) is 13.0 Å². The smallest absolute Gasteiger partial charge is 0.0367 e. The summed E-state index contributed by atoms with van der Waals surface area (Å²) in [5.74, 6) is 0.799. The van der Waals surface area contributed by atoms with Crippen LogP contribution in [0.3, 0.4) is 0 Å². The third-order valence-electron chi connectivity index (χ3n) is 4.38. The Labute approximate surface area is 110 Å². The zero-order chi connectivity index (χ0) is 12.4. The average molecular weight is 245 g/mol. The van der Waals surface area contributed by atoms with Crippen molar-refractivity contribution in [3.8, 4) is 0 Å². The van der Waals surface area contributed by atoms with Crippen LogP contribution in [0.25, 0.3) is 0 Å². The highest BCUT2D eigenvalue weighted by molar-refractivity contribution is 5.46. The molecule has 0 amide bonds. The molecule has 1 aromatic carbocycles. The van der Waals surface area contributed by atoms with Crippen molar-refractivity contribution in [3.63, 3.8) is 0 Å². The lowest BCUT2D eigenvalue weighted by Gasteiger charge is -2.40. The summed E-state index contributed by atoms with van der Waals surface area (Å²) in [6.45, 7) is 9.45. The summed E-state index contributed by atoms with van der Waals surface area (Å²) in [6, 6.07) is 11.5. The number of piperazine rings is 1. The van der Waals surface area contributed by atoms with E-state index in [9.17, 15) is 0 Å². The largest absolute Gasteiger partial charge is 0.369 e. The summed E-state index contributed by atoms with van der Waals surface area (Å²) in [4.78, 5) is 5.17. The van der Waals surface area contributed by atoms with Crippen molar-refractivity contribution >= 4 is 5.69 Å². The molecule has 2 heterocycles. The van der Waals surface area contributed by atoms with Gasteiger partial charge >= 0.3 is 0 Å². The molecule has 1 aromatic rings. The summed E-state index contributed by atoms with van der Waals surface area (Å²) < 4.78 is 0. The van der Waals surface area contributed by atoms with Crippen LogP contribution in [-0.2, 0) is 0 Å². The number of para-hydroxylation sites is 1. The van der Waals surface area contributed by atoms with Gasteiger partial charge in [0.25, 0.3) is 0 Å². The minimum atomic E-state index is 0.753. The van der Waals surface area contributed by atoms with Crippen molar-refractivity contribution in [2.75, 3.05) is 44.2 Å². The highest BCUT2D eigenvalue weighted by atomic mass is 15.3. The monoisotopic (exact) mass is 245 g/mol. The molecule has 3 nitrogen and oxygen atoms in total. The summed E-state index contributed by atoms with van der Waals surface area (Å²) >= 11 is 0. The van der Waals surface area contributed by atoms with E-state index in [2.05, 4.69) is 52.4 Å². The van der Waals surface area contributed by atoms with Gasteiger partial charge in [-0.25, -0.2) is 0 Å². The molecule has 18 heavy (non-hydrogen) atoms. The summed E-state index contributed by atoms with van der Waals surface area (Å²) in [7, 11) is 0. The van der Waals surface area contributed by atoms with E-state index in [4.69, 9.17) is 0 Å². The molecule has 0 radical (unpaired) electrons. The maximum absolute atomic E-state index is 3.51. The minimum Gasteiger partial charge on any atom is -0.369 e. The molecule has 2 saturated heterocycles. The molecular weight excluding hydrogens is 222 g/mol. The van der Waals surface area contributed by atoms with E-state index in [0.717, 1.165) is 25.0 Å². The quantitative estimate of drug-likeness (QED) is 0.850. The zero-order valence-electron chi connectivity index (χ0n) is 11.2. The predicted molar refractivity (Wildman–Crippen MR) is 76.0 cm³/mol. The molecular formula is C15H23N3. The topological polar surface area (TPSA) is 18.5 Å².